The van der Waals surface area contributed by atoms with Gasteiger partial charge in [0.25, 0.3) is 11.8 Å². The Bertz CT molecular complexity index is 864. The van der Waals surface area contributed by atoms with Crippen LogP contribution in [0.25, 0.3) is 0 Å². The van der Waals surface area contributed by atoms with E-state index >= 15 is 0 Å². The average Bonchev–Trinajstić information content (AvgIpc) is 2.70. The largest absolute Gasteiger partial charge is 0.366 e. The van der Waals surface area contributed by atoms with E-state index in [2.05, 4.69) is 18.3 Å². The Labute approximate surface area is 171 Å². The van der Waals surface area contributed by atoms with Gasteiger partial charge in [-0.25, -0.2) is 0 Å². The molecular weight excluding hydrogens is 368 g/mol. The maximum absolute atomic E-state index is 12.7. The van der Waals surface area contributed by atoms with Gasteiger partial charge in [-0.3, -0.25) is 9.59 Å². The van der Waals surface area contributed by atoms with Crippen LogP contribution in [0.4, 0.5) is 0 Å². The molecular formula is C23H28N2O2S. The van der Waals surface area contributed by atoms with Crippen molar-refractivity contribution in [2.24, 2.45) is 5.73 Å². The zero-order valence-corrected chi connectivity index (χ0v) is 17.2. The quantitative estimate of drug-likeness (QED) is 0.504. The van der Waals surface area contributed by atoms with Gasteiger partial charge >= 0.3 is 0 Å². The highest BCUT2D eigenvalue weighted by molar-refractivity contribution is 7.99. The van der Waals surface area contributed by atoms with Crippen LogP contribution in [0, 0.1) is 0 Å². The van der Waals surface area contributed by atoms with Crippen LogP contribution in [0.2, 0.25) is 0 Å². The van der Waals surface area contributed by atoms with Gasteiger partial charge in [-0.05, 0) is 36.1 Å². The minimum atomic E-state index is -0.548. The van der Waals surface area contributed by atoms with E-state index in [4.69, 9.17) is 5.73 Å². The van der Waals surface area contributed by atoms with Gasteiger partial charge in [0, 0.05) is 16.3 Å². The summed E-state index contributed by atoms with van der Waals surface area (Å²) in [6.45, 7) is 2.82. The average molecular weight is 397 g/mol. The van der Waals surface area contributed by atoms with Gasteiger partial charge in [0.1, 0.15) is 0 Å². The van der Waals surface area contributed by atoms with Gasteiger partial charge in [0.15, 0.2) is 0 Å². The van der Waals surface area contributed by atoms with E-state index in [9.17, 15) is 9.59 Å². The number of amides is 2. The lowest BCUT2D eigenvalue weighted by Gasteiger charge is -2.22. The molecule has 4 nitrogen and oxygen atoms in total. The first kappa shape index (κ1) is 20.5. The van der Waals surface area contributed by atoms with Crippen LogP contribution in [-0.4, -0.2) is 18.4 Å². The highest BCUT2D eigenvalue weighted by Gasteiger charge is 2.26. The second kappa shape index (κ2) is 9.78. The highest BCUT2D eigenvalue weighted by atomic mass is 32.2. The maximum atomic E-state index is 12.7. The molecule has 0 saturated carbocycles. The number of benzene rings is 2. The molecule has 1 heterocycles. The SMILES string of the molecule is CCCCCCCCNC(=O)c1ccc2c(c1C(N)=O)Sc1ccccc1C2. The summed E-state index contributed by atoms with van der Waals surface area (Å²) in [6.07, 6.45) is 7.76. The van der Waals surface area contributed by atoms with Gasteiger partial charge in [-0.15, -0.1) is 0 Å². The third kappa shape index (κ3) is 4.76. The molecule has 3 rings (SSSR count). The summed E-state index contributed by atoms with van der Waals surface area (Å²) in [5.41, 5.74) is 8.69. The lowest BCUT2D eigenvalue weighted by atomic mass is 9.97. The summed E-state index contributed by atoms with van der Waals surface area (Å²) >= 11 is 1.53. The second-order valence-electron chi connectivity index (χ2n) is 7.25. The van der Waals surface area contributed by atoms with Gasteiger partial charge in [0.2, 0.25) is 0 Å². The van der Waals surface area contributed by atoms with E-state index in [-0.39, 0.29) is 5.91 Å². The minimum Gasteiger partial charge on any atom is -0.366 e. The predicted octanol–water partition coefficient (Wildman–Crippen LogP) is 4.93. The predicted molar refractivity (Wildman–Crippen MR) is 114 cm³/mol. The van der Waals surface area contributed by atoms with E-state index < -0.39 is 5.91 Å². The Balaban J connectivity index is 1.70. The molecule has 0 fully saturated rings. The lowest BCUT2D eigenvalue weighted by molar-refractivity contribution is 0.0934. The van der Waals surface area contributed by atoms with Crippen LogP contribution in [0.15, 0.2) is 46.2 Å². The van der Waals surface area contributed by atoms with Crippen LogP contribution >= 0.6 is 11.8 Å². The monoisotopic (exact) mass is 396 g/mol. The highest BCUT2D eigenvalue weighted by Crippen LogP contribution is 2.42. The summed E-state index contributed by atoms with van der Waals surface area (Å²) in [6, 6.07) is 11.8. The first-order valence-corrected chi connectivity index (χ1v) is 10.9. The number of nitrogens with two attached hydrogens (primary N) is 1. The van der Waals surface area contributed by atoms with Crippen LogP contribution in [-0.2, 0) is 6.42 Å². The smallest absolute Gasteiger partial charge is 0.252 e. The molecule has 5 heteroatoms. The molecule has 2 aromatic rings. The molecule has 0 bridgehead atoms. The molecule has 0 spiro atoms. The minimum absolute atomic E-state index is 0.218. The number of rotatable bonds is 9. The Hall–Kier alpha value is -2.27. The lowest BCUT2D eigenvalue weighted by Crippen LogP contribution is -2.28. The molecule has 0 aromatic heterocycles. The van der Waals surface area contributed by atoms with Crippen molar-refractivity contribution in [2.75, 3.05) is 6.54 Å². The zero-order valence-electron chi connectivity index (χ0n) is 16.4. The molecule has 0 radical (unpaired) electrons. The molecule has 3 N–H and O–H groups in total. The maximum Gasteiger partial charge on any atom is 0.252 e. The number of hydrogen-bond acceptors (Lipinski definition) is 3. The Morgan fingerprint density at radius 2 is 1.75 bits per heavy atom. The van der Waals surface area contributed by atoms with Crippen molar-refractivity contribution < 1.29 is 9.59 Å². The standard InChI is InChI=1S/C23H28N2O2S/c1-2-3-4-5-6-9-14-25-23(27)18-13-12-17-15-16-10-7-8-11-19(16)28-21(17)20(18)22(24)26/h7-8,10-13H,2-6,9,14-15H2,1H3,(H2,24,26)(H,25,27). The molecule has 1 aliphatic rings. The second-order valence-corrected chi connectivity index (χ2v) is 8.30. The molecule has 148 valence electrons. The van der Waals surface area contributed by atoms with E-state index in [1.807, 2.05) is 24.3 Å². The number of fused-ring (bicyclic) bond motifs is 2. The molecule has 0 saturated heterocycles. The van der Waals surface area contributed by atoms with Crippen molar-refractivity contribution in [3.63, 3.8) is 0 Å². The Morgan fingerprint density at radius 1 is 1.00 bits per heavy atom. The third-order valence-electron chi connectivity index (χ3n) is 5.11. The normalized spacial score (nSPS) is 12.2. The fourth-order valence-electron chi connectivity index (χ4n) is 3.58. The molecule has 0 unspecified atom stereocenters. The molecule has 2 aromatic carbocycles. The van der Waals surface area contributed by atoms with Gasteiger partial charge in [-0.2, -0.15) is 0 Å². The van der Waals surface area contributed by atoms with Crippen molar-refractivity contribution in [2.45, 2.75) is 61.7 Å². The molecule has 2 amide bonds. The van der Waals surface area contributed by atoms with Gasteiger partial charge < -0.3 is 11.1 Å². The third-order valence-corrected chi connectivity index (χ3v) is 6.40. The van der Waals surface area contributed by atoms with Crippen molar-refractivity contribution in [1.82, 2.24) is 5.32 Å². The summed E-state index contributed by atoms with van der Waals surface area (Å²) in [4.78, 5) is 26.9. The summed E-state index contributed by atoms with van der Waals surface area (Å²) in [5.74, 6) is -0.766. The number of carbonyl (C=O) groups excluding carboxylic acids is 2. The van der Waals surface area contributed by atoms with Crippen molar-refractivity contribution in [3.05, 3.63) is 58.7 Å². The molecule has 1 aliphatic heterocycles. The van der Waals surface area contributed by atoms with E-state index in [1.165, 1.54) is 43.0 Å². The first-order valence-electron chi connectivity index (χ1n) is 10.1. The van der Waals surface area contributed by atoms with Crippen molar-refractivity contribution in [1.29, 1.82) is 0 Å². The number of primary amides is 1. The molecule has 28 heavy (non-hydrogen) atoms. The van der Waals surface area contributed by atoms with Crippen LogP contribution in [0.3, 0.4) is 0 Å². The topological polar surface area (TPSA) is 72.2 Å². The number of carbonyl (C=O) groups is 2. The summed E-state index contributed by atoms with van der Waals surface area (Å²) < 4.78 is 0. The fraction of sp³-hybridized carbons (Fsp3) is 0.391. The summed E-state index contributed by atoms with van der Waals surface area (Å²) in [7, 11) is 0. The van der Waals surface area contributed by atoms with Gasteiger partial charge in [-0.1, -0.05) is 75.1 Å². The molecule has 0 aliphatic carbocycles. The fourth-order valence-corrected chi connectivity index (χ4v) is 4.80. The Kier molecular flexibility index (Phi) is 7.15. The van der Waals surface area contributed by atoms with Crippen LogP contribution in [0.1, 0.15) is 77.3 Å². The van der Waals surface area contributed by atoms with Crippen molar-refractivity contribution in [3.8, 4) is 0 Å². The van der Waals surface area contributed by atoms with Gasteiger partial charge in [0.05, 0.1) is 11.1 Å². The number of nitrogens with one attached hydrogen (secondary N) is 1. The van der Waals surface area contributed by atoms with Crippen molar-refractivity contribution >= 4 is 23.6 Å². The molecule has 0 atom stereocenters. The van der Waals surface area contributed by atoms with Crippen LogP contribution in [0.5, 0.6) is 0 Å². The summed E-state index contributed by atoms with van der Waals surface area (Å²) in [5, 5.41) is 2.96. The zero-order chi connectivity index (χ0) is 19.9. The van der Waals surface area contributed by atoms with E-state index in [1.54, 1.807) is 6.07 Å². The Morgan fingerprint density at radius 3 is 2.54 bits per heavy atom. The number of unbranched alkanes of at least 4 members (excludes halogenated alkanes) is 5. The first-order chi connectivity index (χ1) is 13.6. The van der Waals surface area contributed by atoms with Crippen LogP contribution < -0.4 is 11.1 Å². The van der Waals surface area contributed by atoms with E-state index in [0.717, 1.165) is 34.6 Å². The number of hydrogen-bond donors (Lipinski definition) is 2. The van der Waals surface area contributed by atoms with E-state index in [0.29, 0.717) is 17.7 Å².